The van der Waals surface area contributed by atoms with Crippen LogP contribution in [-0.2, 0) is 14.3 Å². The Bertz CT molecular complexity index is 228. The highest BCUT2D eigenvalue weighted by Crippen LogP contribution is 2.14. The van der Waals surface area contributed by atoms with Crippen LogP contribution in [0, 0.1) is 0 Å². The van der Waals surface area contributed by atoms with Crippen molar-refractivity contribution in [1.82, 2.24) is 0 Å². The highest BCUT2D eigenvalue weighted by atomic mass is 16.5. The molecule has 1 rings (SSSR count). The Kier molecular flexibility index (Phi) is 3.02. The molecule has 0 heterocycles. The third kappa shape index (κ3) is 1.94. The largest absolute Gasteiger partial charge is 0.465 e. The van der Waals surface area contributed by atoms with Gasteiger partial charge in [-0.05, 0) is 19.3 Å². The van der Waals surface area contributed by atoms with Gasteiger partial charge < -0.3 is 4.74 Å². The van der Waals surface area contributed by atoms with Crippen LogP contribution in [0.5, 0.6) is 0 Å². The van der Waals surface area contributed by atoms with Gasteiger partial charge >= 0.3 is 5.97 Å². The van der Waals surface area contributed by atoms with Gasteiger partial charge in [-0.15, -0.1) is 0 Å². The van der Waals surface area contributed by atoms with Crippen molar-refractivity contribution in [3.63, 3.8) is 0 Å². The van der Waals surface area contributed by atoms with Gasteiger partial charge in [0.15, 0.2) is 5.78 Å². The van der Waals surface area contributed by atoms with E-state index in [0.29, 0.717) is 6.42 Å². The van der Waals surface area contributed by atoms with Crippen LogP contribution in [0.2, 0.25) is 0 Å². The standard InChI is InChI=1S/C9H12O3/c1-12-9(11)7-5-3-2-4-6-8(7)10/h5H,2-4,6H2,1H3. The van der Waals surface area contributed by atoms with Crippen molar-refractivity contribution in [2.45, 2.75) is 25.7 Å². The molecule has 0 amide bonds. The molecule has 0 bridgehead atoms. The van der Waals surface area contributed by atoms with E-state index in [9.17, 15) is 9.59 Å². The summed E-state index contributed by atoms with van der Waals surface area (Å²) in [4.78, 5) is 22.3. The number of esters is 1. The number of ketones is 1. The van der Waals surface area contributed by atoms with Gasteiger partial charge in [0.2, 0.25) is 0 Å². The highest BCUT2D eigenvalue weighted by Gasteiger charge is 2.19. The van der Waals surface area contributed by atoms with E-state index in [1.54, 1.807) is 6.08 Å². The Morgan fingerprint density at radius 3 is 2.92 bits per heavy atom. The lowest BCUT2D eigenvalue weighted by atomic mass is 10.1. The summed E-state index contributed by atoms with van der Waals surface area (Å²) >= 11 is 0. The van der Waals surface area contributed by atoms with Gasteiger partial charge in [-0.1, -0.05) is 6.08 Å². The number of allylic oxidation sites excluding steroid dienone is 1. The monoisotopic (exact) mass is 168 g/mol. The normalized spacial score (nSPS) is 18.1. The first-order valence-corrected chi connectivity index (χ1v) is 4.07. The summed E-state index contributed by atoms with van der Waals surface area (Å²) in [5, 5.41) is 0. The molecule has 0 saturated carbocycles. The molecule has 0 aromatic carbocycles. The SMILES string of the molecule is COC(=O)C1=CCCCCC1=O. The second kappa shape index (κ2) is 4.04. The summed E-state index contributed by atoms with van der Waals surface area (Å²) in [7, 11) is 1.29. The zero-order valence-corrected chi connectivity index (χ0v) is 7.13. The number of methoxy groups -OCH3 is 1. The minimum Gasteiger partial charge on any atom is -0.465 e. The Labute approximate surface area is 71.4 Å². The van der Waals surface area contributed by atoms with Crippen LogP contribution in [-0.4, -0.2) is 18.9 Å². The van der Waals surface area contributed by atoms with Gasteiger partial charge in [0.1, 0.15) is 0 Å². The van der Waals surface area contributed by atoms with Crippen molar-refractivity contribution in [3.8, 4) is 0 Å². The molecule has 0 aromatic heterocycles. The second-order valence-corrected chi connectivity index (χ2v) is 2.78. The summed E-state index contributed by atoms with van der Waals surface area (Å²) in [6.07, 6.45) is 4.81. The number of hydrogen-bond donors (Lipinski definition) is 0. The molecule has 0 radical (unpaired) electrons. The van der Waals surface area contributed by atoms with Gasteiger partial charge in [0.25, 0.3) is 0 Å². The third-order valence-corrected chi connectivity index (χ3v) is 1.91. The van der Waals surface area contributed by atoms with E-state index >= 15 is 0 Å². The number of hydrogen-bond acceptors (Lipinski definition) is 3. The van der Waals surface area contributed by atoms with E-state index in [4.69, 9.17) is 0 Å². The average Bonchev–Trinajstić information content (AvgIpc) is 2.28. The molecule has 0 spiro atoms. The lowest BCUT2D eigenvalue weighted by Crippen LogP contribution is -2.13. The van der Waals surface area contributed by atoms with Crippen LogP contribution in [0.15, 0.2) is 11.6 Å². The summed E-state index contributed by atoms with van der Waals surface area (Å²) in [5.41, 5.74) is 0.231. The number of Topliss-reactive ketones (excluding diaryl/α,β-unsaturated/α-hetero) is 1. The van der Waals surface area contributed by atoms with Crippen molar-refractivity contribution in [2.75, 3.05) is 7.11 Å². The van der Waals surface area contributed by atoms with Gasteiger partial charge in [0, 0.05) is 6.42 Å². The van der Waals surface area contributed by atoms with Crippen molar-refractivity contribution in [3.05, 3.63) is 11.6 Å². The quantitative estimate of drug-likeness (QED) is 0.437. The summed E-state index contributed by atoms with van der Waals surface area (Å²) in [6.45, 7) is 0. The zero-order valence-electron chi connectivity index (χ0n) is 7.13. The lowest BCUT2D eigenvalue weighted by molar-refractivity contribution is -0.137. The van der Waals surface area contributed by atoms with Crippen LogP contribution in [0.4, 0.5) is 0 Å². The second-order valence-electron chi connectivity index (χ2n) is 2.78. The fourth-order valence-corrected chi connectivity index (χ4v) is 1.23. The van der Waals surface area contributed by atoms with Crippen molar-refractivity contribution < 1.29 is 14.3 Å². The third-order valence-electron chi connectivity index (χ3n) is 1.91. The predicted molar refractivity (Wildman–Crippen MR) is 43.6 cm³/mol. The molecule has 0 atom stereocenters. The fourth-order valence-electron chi connectivity index (χ4n) is 1.23. The Balaban J connectivity index is 2.76. The molecular formula is C9H12O3. The van der Waals surface area contributed by atoms with Crippen LogP contribution in [0.25, 0.3) is 0 Å². The van der Waals surface area contributed by atoms with E-state index in [-0.39, 0.29) is 11.4 Å². The zero-order chi connectivity index (χ0) is 8.97. The minimum atomic E-state index is -0.498. The molecule has 3 nitrogen and oxygen atoms in total. The van der Waals surface area contributed by atoms with Gasteiger partial charge in [-0.2, -0.15) is 0 Å². The molecule has 0 fully saturated rings. The average molecular weight is 168 g/mol. The van der Waals surface area contributed by atoms with E-state index in [1.165, 1.54) is 7.11 Å². The molecule has 1 aliphatic rings. The first-order valence-electron chi connectivity index (χ1n) is 4.07. The molecule has 0 saturated heterocycles. The van der Waals surface area contributed by atoms with Gasteiger partial charge in [0.05, 0.1) is 12.7 Å². The van der Waals surface area contributed by atoms with Crippen molar-refractivity contribution in [1.29, 1.82) is 0 Å². The van der Waals surface area contributed by atoms with E-state index in [1.807, 2.05) is 0 Å². The van der Waals surface area contributed by atoms with Crippen LogP contribution in [0.1, 0.15) is 25.7 Å². The molecule has 0 aromatic rings. The maximum absolute atomic E-state index is 11.2. The van der Waals surface area contributed by atoms with E-state index in [2.05, 4.69) is 4.74 Å². The Morgan fingerprint density at radius 2 is 2.25 bits per heavy atom. The molecular weight excluding hydrogens is 156 g/mol. The fraction of sp³-hybridized carbons (Fsp3) is 0.556. The number of rotatable bonds is 1. The summed E-state index contributed by atoms with van der Waals surface area (Å²) in [5.74, 6) is -0.582. The molecule has 0 N–H and O–H groups in total. The number of ether oxygens (including phenoxy) is 1. The molecule has 3 heteroatoms. The maximum Gasteiger partial charge on any atom is 0.341 e. The Hall–Kier alpha value is -1.12. The molecule has 0 unspecified atom stereocenters. The van der Waals surface area contributed by atoms with Crippen LogP contribution in [0.3, 0.4) is 0 Å². The minimum absolute atomic E-state index is 0.0839. The smallest absolute Gasteiger partial charge is 0.341 e. The van der Waals surface area contributed by atoms with Crippen molar-refractivity contribution in [2.24, 2.45) is 0 Å². The topological polar surface area (TPSA) is 43.4 Å². The maximum atomic E-state index is 11.2. The molecule has 1 aliphatic carbocycles. The van der Waals surface area contributed by atoms with E-state index < -0.39 is 5.97 Å². The summed E-state index contributed by atoms with van der Waals surface area (Å²) < 4.78 is 4.49. The van der Waals surface area contributed by atoms with Crippen LogP contribution >= 0.6 is 0 Å². The van der Waals surface area contributed by atoms with E-state index in [0.717, 1.165) is 19.3 Å². The molecule has 0 aliphatic heterocycles. The first-order chi connectivity index (χ1) is 5.75. The van der Waals surface area contributed by atoms with Gasteiger partial charge in [-0.25, -0.2) is 4.79 Å². The van der Waals surface area contributed by atoms with Gasteiger partial charge in [-0.3, -0.25) is 4.79 Å². The predicted octanol–water partition coefficient (Wildman–Crippen LogP) is 1.23. The Morgan fingerprint density at radius 1 is 1.50 bits per heavy atom. The molecule has 12 heavy (non-hydrogen) atoms. The van der Waals surface area contributed by atoms with Crippen LogP contribution < -0.4 is 0 Å². The number of carbonyl (C=O) groups excluding carboxylic acids is 2. The number of carbonyl (C=O) groups is 2. The summed E-state index contributed by atoms with van der Waals surface area (Å²) in [6, 6.07) is 0. The lowest BCUT2D eigenvalue weighted by Gasteiger charge is -2.00. The van der Waals surface area contributed by atoms with Crippen molar-refractivity contribution >= 4 is 11.8 Å². The first kappa shape index (κ1) is 8.97. The molecule has 66 valence electrons. The highest BCUT2D eigenvalue weighted by molar-refractivity contribution is 6.17.